The van der Waals surface area contributed by atoms with E-state index >= 15 is 0 Å². The van der Waals surface area contributed by atoms with Crippen LogP contribution in [0.1, 0.15) is 28.5 Å². The van der Waals surface area contributed by atoms with Crippen LogP contribution >= 0.6 is 0 Å². The maximum absolute atomic E-state index is 11.5. The van der Waals surface area contributed by atoms with E-state index in [0.717, 1.165) is 11.1 Å². The summed E-state index contributed by atoms with van der Waals surface area (Å²) in [5.74, 6) is -0.489. The molecule has 0 aliphatic carbocycles. The first-order chi connectivity index (χ1) is 10.2. The molecule has 1 heterocycles. The zero-order chi connectivity index (χ0) is 15.1. The van der Waals surface area contributed by atoms with Crippen molar-refractivity contribution in [3.63, 3.8) is 0 Å². The van der Waals surface area contributed by atoms with Crippen LogP contribution in [0.4, 0.5) is 6.01 Å². The van der Waals surface area contributed by atoms with Crippen molar-refractivity contribution in [2.75, 3.05) is 19.0 Å². The monoisotopic (exact) mass is 290 g/mol. The number of rotatable bonds is 7. The lowest BCUT2D eigenvalue weighted by Gasteiger charge is -2.05. The number of anilines is 1. The van der Waals surface area contributed by atoms with Crippen LogP contribution in [-0.2, 0) is 22.6 Å². The van der Waals surface area contributed by atoms with Crippen molar-refractivity contribution >= 4 is 12.0 Å². The van der Waals surface area contributed by atoms with Gasteiger partial charge < -0.3 is 19.2 Å². The average Bonchev–Trinajstić information content (AvgIpc) is 2.95. The lowest BCUT2D eigenvalue weighted by atomic mass is 10.1. The van der Waals surface area contributed by atoms with Gasteiger partial charge in [-0.1, -0.05) is 24.3 Å². The van der Waals surface area contributed by atoms with Crippen LogP contribution in [0.5, 0.6) is 0 Å². The van der Waals surface area contributed by atoms with Gasteiger partial charge in [-0.15, -0.1) is 0 Å². The molecule has 2 aromatic rings. The van der Waals surface area contributed by atoms with E-state index in [1.165, 1.54) is 6.26 Å². The Morgan fingerprint density at radius 1 is 1.38 bits per heavy atom. The highest BCUT2D eigenvalue weighted by molar-refractivity contribution is 5.87. The number of hydrogen-bond acceptors (Lipinski definition) is 6. The number of oxazole rings is 1. The molecule has 0 radical (unpaired) electrons. The van der Waals surface area contributed by atoms with Crippen molar-refractivity contribution in [1.29, 1.82) is 0 Å². The van der Waals surface area contributed by atoms with E-state index in [2.05, 4.69) is 10.3 Å². The number of nitrogens with one attached hydrogen (secondary N) is 1. The second kappa shape index (κ2) is 7.44. The quantitative estimate of drug-likeness (QED) is 0.790. The maximum Gasteiger partial charge on any atom is 0.360 e. The van der Waals surface area contributed by atoms with Gasteiger partial charge in [0.25, 0.3) is 6.01 Å². The molecule has 1 N–H and O–H groups in total. The van der Waals surface area contributed by atoms with Crippen molar-refractivity contribution in [2.45, 2.75) is 20.1 Å². The lowest BCUT2D eigenvalue weighted by Crippen LogP contribution is -2.05. The van der Waals surface area contributed by atoms with Crippen LogP contribution in [0.15, 0.2) is 34.9 Å². The van der Waals surface area contributed by atoms with Crippen LogP contribution in [0.2, 0.25) is 0 Å². The van der Waals surface area contributed by atoms with E-state index in [0.29, 0.717) is 19.8 Å². The molecule has 0 saturated heterocycles. The van der Waals surface area contributed by atoms with Crippen molar-refractivity contribution < 1.29 is 18.7 Å². The number of esters is 1. The molecule has 0 saturated carbocycles. The number of hydrogen-bond donors (Lipinski definition) is 1. The largest absolute Gasteiger partial charge is 0.461 e. The third-order valence-electron chi connectivity index (χ3n) is 2.73. The highest BCUT2D eigenvalue weighted by Gasteiger charge is 2.12. The molecule has 0 amide bonds. The summed E-state index contributed by atoms with van der Waals surface area (Å²) in [6.07, 6.45) is 1.28. The molecule has 0 spiro atoms. The van der Waals surface area contributed by atoms with Gasteiger partial charge in [0.1, 0.15) is 6.26 Å². The summed E-state index contributed by atoms with van der Waals surface area (Å²) in [5.41, 5.74) is 2.32. The predicted octanol–water partition coefficient (Wildman–Crippen LogP) is 2.61. The first kappa shape index (κ1) is 15.1. The lowest BCUT2D eigenvalue weighted by molar-refractivity contribution is 0.0519. The van der Waals surface area contributed by atoms with Crippen LogP contribution in [0.3, 0.4) is 0 Å². The van der Waals surface area contributed by atoms with E-state index in [1.54, 1.807) is 14.0 Å². The maximum atomic E-state index is 11.5. The smallest absolute Gasteiger partial charge is 0.360 e. The molecule has 0 aliphatic heterocycles. The number of methoxy groups -OCH3 is 1. The van der Waals surface area contributed by atoms with Gasteiger partial charge in [0.2, 0.25) is 0 Å². The van der Waals surface area contributed by atoms with Crippen molar-refractivity contribution in [1.82, 2.24) is 4.98 Å². The van der Waals surface area contributed by atoms with E-state index in [1.807, 2.05) is 24.3 Å². The molecular formula is C15H18N2O4. The summed E-state index contributed by atoms with van der Waals surface area (Å²) < 4.78 is 15.1. The number of ether oxygens (including phenoxy) is 2. The van der Waals surface area contributed by atoms with E-state index in [4.69, 9.17) is 13.9 Å². The van der Waals surface area contributed by atoms with Crippen LogP contribution in [-0.4, -0.2) is 24.7 Å². The number of benzene rings is 1. The van der Waals surface area contributed by atoms with Gasteiger partial charge in [-0.05, 0) is 18.1 Å². The Bertz CT molecular complexity index is 595. The summed E-state index contributed by atoms with van der Waals surface area (Å²) in [6, 6.07) is 8.27. The Hall–Kier alpha value is -2.34. The molecule has 112 valence electrons. The van der Waals surface area contributed by atoms with Crippen molar-refractivity contribution in [3.05, 3.63) is 47.3 Å². The summed E-state index contributed by atoms with van der Waals surface area (Å²) in [4.78, 5) is 15.5. The summed E-state index contributed by atoms with van der Waals surface area (Å²) in [6.45, 7) is 3.16. The summed E-state index contributed by atoms with van der Waals surface area (Å²) in [5, 5.41) is 3.02. The standard InChI is InChI=1S/C15H18N2O4/c1-3-20-14(18)13-10-21-15(17-13)16-8-11-5-4-6-12(7-11)9-19-2/h4-7,10H,3,8-9H2,1-2H3,(H,16,17). The molecule has 2 rings (SSSR count). The van der Waals surface area contributed by atoms with Gasteiger partial charge in [0.05, 0.1) is 13.2 Å². The number of nitrogens with zero attached hydrogens (tertiary/aromatic N) is 1. The Kier molecular flexibility index (Phi) is 5.34. The molecule has 21 heavy (non-hydrogen) atoms. The molecule has 6 nitrogen and oxygen atoms in total. The second-order valence-electron chi connectivity index (χ2n) is 4.36. The summed E-state index contributed by atoms with van der Waals surface area (Å²) in [7, 11) is 1.66. The molecule has 1 aromatic carbocycles. The molecule has 1 aromatic heterocycles. The fourth-order valence-corrected chi connectivity index (χ4v) is 1.83. The fourth-order valence-electron chi connectivity index (χ4n) is 1.83. The Morgan fingerprint density at radius 3 is 2.95 bits per heavy atom. The van der Waals surface area contributed by atoms with Gasteiger partial charge in [-0.25, -0.2) is 4.79 Å². The second-order valence-corrected chi connectivity index (χ2v) is 4.36. The third kappa shape index (κ3) is 4.32. The summed E-state index contributed by atoms with van der Waals surface area (Å²) >= 11 is 0. The van der Waals surface area contributed by atoms with Crippen molar-refractivity contribution in [3.8, 4) is 0 Å². The minimum atomic E-state index is -0.489. The molecule has 0 atom stereocenters. The normalized spacial score (nSPS) is 10.4. The van der Waals surface area contributed by atoms with Gasteiger partial charge in [-0.2, -0.15) is 4.98 Å². The predicted molar refractivity (Wildman–Crippen MR) is 76.9 cm³/mol. The minimum Gasteiger partial charge on any atom is -0.461 e. The average molecular weight is 290 g/mol. The highest BCUT2D eigenvalue weighted by atomic mass is 16.5. The molecular weight excluding hydrogens is 272 g/mol. The SMILES string of the molecule is CCOC(=O)c1coc(NCc2cccc(COC)c2)n1. The van der Waals surface area contributed by atoms with Crippen molar-refractivity contribution in [2.24, 2.45) is 0 Å². The van der Waals surface area contributed by atoms with E-state index < -0.39 is 5.97 Å². The van der Waals surface area contributed by atoms with Gasteiger partial charge in [0.15, 0.2) is 5.69 Å². The van der Waals surface area contributed by atoms with Crippen LogP contribution in [0.25, 0.3) is 0 Å². The van der Waals surface area contributed by atoms with Crippen LogP contribution in [0, 0.1) is 0 Å². The number of aromatic nitrogens is 1. The Labute approximate surface area is 123 Å². The van der Waals surface area contributed by atoms with Gasteiger partial charge >= 0.3 is 5.97 Å². The van der Waals surface area contributed by atoms with Crippen LogP contribution < -0.4 is 5.32 Å². The Morgan fingerprint density at radius 2 is 2.19 bits per heavy atom. The molecule has 6 heteroatoms. The zero-order valence-corrected chi connectivity index (χ0v) is 12.1. The fraction of sp³-hybridized carbons (Fsp3) is 0.333. The van der Waals surface area contributed by atoms with E-state index in [-0.39, 0.29) is 11.7 Å². The Balaban J connectivity index is 1.94. The number of carbonyl (C=O) groups is 1. The van der Waals surface area contributed by atoms with E-state index in [9.17, 15) is 4.79 Å². The minimum absolute atomic E-state index is 0.160. The third-order valence-corrected chi connectivity index (χ3v) is 2.73. The molecule has 0 bridgehead atoms. The molecule has 0 unspecified atom stereocenters. The zero-order valence-electron chi connectivity index (χ0n) is 12.1. The first-order valence-corrected chi connectivity index (χ1v) is 6.66. The molecule has 0 fully saturated rings. The topological polar surface area (TPSA) is 73.6 Å². The van der Waals surface area contributed by atoms with Gasteiger partial charge in [-0.3, -0.25) is 0 Å². The highest BCUT2D eigenvalue weighted by Crippen LogP contribution is 2.12. The first-order valence-electron chi connectivity index (χ1n) is 6.66. The van der Waals surface area contributed by atoms with Gasteiger partial charge in [0, 0.05) is 13.7 Å². The molecule has 0 aliphatic rings. The number of carbonyl (C=O) groups excluding carboxylic acids is 1.